The maximum Gasteiger partial charge on any atom is 0.291 e. The first-order chi connectivity index (χ1) is 16.2. The zero-order valence-corrected chi connectivity index (χ0v) is 17.7. The van der Waals surface area contributed by atoms with Crippen molar-refractivity contribution in [2.24, 2.45) is 0 Å². The fourth-order valence-electron chi connectivity index (χ4n) is 3.52. The van der Waals surface area contributed by atoms with Crippen LogP contribution in [-0.2, 0) is 0 Å². The minimum Gasteiger partial charge on any atom is -0.461 e. The van der Waals surface area contributed by atoms with Crippen LogP contribution in [0.15, 0.2) is 88.4 Å². The van der Waals surface area contributed by atoms with E-state index in [1.807, 2.05) is 36.5 Å². The molecule has 0 spiro atoms. The Bertz CT molecular complexity index is 1680. The largest absolute Gasteiger partial charge is 0.461 e. The van der Waals surface area contributed by atoms with Crippen molar-refractivity contribution < 1.29 is 8.81 Å². The Morgan fingerprint density at radius 2 is 1.79 bits per heavy atom. The number of furan rings is 1. The molecule has 0 bridgehead atoms. The van der Waals surface area contributed by atoms with E-state index in [2.05, 4.69) is 10.1 Å². The lowest BCUT2D eigenvalue weighted by Crippen LogP contribution is -2.23. The van der Waals surface area contributed by atoms with Crippen LogP contribution in [0.4, 0.5) is 4.39 Å². The lowest BCUT2D eigenvalue weighted by atomic mass is 10.1. The monoisotopic (exact) mass is 455 g/mol. The quantitative estimate of drug-likeness (QED) is 0.402. The van der Waals surface area contributed by atoms with Gasteiger partial charge in [0.15, 0.2) is 5.76 Å². The molecule has 0 atom stereocenters. The second-order valence-electron chi connectivity index (χ2n) is 7.24. The van der Waals surface area contributed by atoms with Crippen molar-refractivity contribution in [2.75, 3.05) is 0 Å². The highest BCUT2D eigenvalue weighted by Gasteiger charge is 2.16. The Morgan fingerprint density at radius 3 is 2.52 bits per heavy atom. The SMILES string of the molecule is O=c1/c(=C/c2cn(-c3ccccc3)nc2-c2ccc(F)cc2)sc2nc(-c3ccco3)nn12. The maximum absolute atomic E-state index is 13.5. The Labute approximate surface area is 189 Å². The van der Waals surface area contributed by atoms with Crippen LogP contribution in [0.1, 0.15) is 5.56 Å². The van der Waals surface area contributed by atoms with Crippen molar-refractivity contribution in [3.8, 4) is 28.5 Å². The highest BCUT2D eigenvalue weighted by molar-refractivity contribution is 7.15. The van der Waals surface area contributed by atoms with Gasteiger partial charge in [0, 0.05) is 17.3 Å². The van der Waals surface area contributed by atoms with Crippen molar-refractivity contribution in [1.29, 1.82) is 0 Å². The summed E-state index contributed by atoms with van der Waals surface area (Å²) in [6, 6.07) is 19.2. The van der Waals surface area contributed by atoms with E-state index in [9.17, 15) is 9.18 Å². The number of para-hydroxylation sites is 1. The molecule has 0 saturated heterocycles. The number of fused-ring (bicyclic) bond motifs is 1. The van der Waals surface area contributed by atoms with Gasteiger partial charge in [-0.05, 0) is 54.6 Å². The summed E-state index contributed by atoms with van der Waals surface area (Å²) in [7, 11) is 0. The van der Waals surface area contributed by atoms with E-state index < -0.39 is 0 Å². The van der Waals surface area contributed by atoms with Gasteiger partial charge in [-0.1, -0.05) is 29.5 Å². The normalized spacial score (nSPS) is 12.1. The highest BCUT2D eigenvalue weighted by Crippen LogP contribution is 2.25. The predicted molar refractivity (Wildman–Crippen MR) is 123 cm³/mol. The molecule has 4 aromatic heterocycles. The molecular formula is C24H14FN5O2S. The average Bonchev–Trinajstić information content (AvgIpc) is 3.62. The van der Waals surface area contributed by atoms with Gasteiger partial charge in [-0.15, -0.1) is 5.10 Å². The first kappa shape index (κ1) is 19.3. The smallest absolute Gasteiger partial charge is 0.291 e. The molecule has 160 valence electrons. The number of hydrogen-bond acceptors (Lipinski definition) is 6. The van der Waals surface area contributed by atoms with Crippen molar-refractivity contribution in [2.45, 2.75) is 0 Å². The lowest BCUT2D eigenvalue weighted by Gasteiger charge is -2.00. The molecule has 0 N–H and O–H groups in total. The summed E-state index contributed by atoms with van der Waals surface area (Å²) < 4.78 is 22.3. The molecule has 9 heteroatoms. The summed E-state index contributed by atoms with van der Waals surface area (Å²) in [6.45, 7) is 0. The molecule has 0 unspecified atom stereocenters. The molecule has 6 aromatic rings. The van der Waals surface area contributed by atoms with Crippen molar-refractivity contribution in [1.82, 2.24) is 24.4 Å². The molecule has 0 radical (unpaired) electrons. The minimum atomic E-state index is -0.327. The van der Waals surface area contributed by atoms with E-state index in [4.69, 9.17) is 9.52 Å². The van der Waals surface area contributed by atoms with Gasteiger partial charge < -0.3 is 4.42 Å². The Morgan fingerprint density at radius 1 is 0.970 bits per heavy atom. The topological polar surface area (TPSA) is 78.2 Å². The zero-order chi connectivity index (χ0) is 22.4. The second kappa shape index (κ2) is 7.64. The highest BCUT2D eigenvalue weighted by atomic mass is 32.1. The van der Waals surface area contributed by atoms with Crippen LogP contribution >= 0.6 is 11.3 Å². The van der Waals surface area contributed by atoms with E-state index >= 15 is 0 Å². The molecule has 0 aliphatic heterocycles. The summed E-state index contributed by atoms with van der Waals surface area (Å²) in [4.78, 5) is 17.9. The van der Waals surface area contributed by atoms with Crippen molar-refractivity contribution >= 4 is 22.4 Å². The Hall–Kier alpha value is -4.37. The van der Waals surface area contributed by atoms with E-state index in [0.29, 0.717) is 26.8 Å². The molecule has 0 amide bonds. The number of benzene rings is 2. The van der Waals surface area contributed by atoms with Gasteiger partial charge in [0.25, 0.3) is 5.56 Å². The Balaban J connectivity index is 1.51. The minimum absolute atomic E-state index is 0.280. The third-order valence-electron chi connectivity index (χ3n) is 5.09. The van der Waals surface area contributed by atoms with Crippen LogP contribution < -0.4 is 10.1 Å². The number of thiazole rings is 1. The second-order valence-corrected chi connectivity index (χ2v) is 8.25. The number of halogens is 1. The number of hydrogen-bond donors (Lipinski definition) is 0. The number of nitrogens with zero attached hydrogens (tertiary/aromatic N) is 5. The molecule has 0 aliphatic rings. The number of aromatic nitrogens is 5. The number of rotatable bonds is 4. The van der Waals surface area contributed by atoms with Gasteiger partial charge in [-0.2, -0.15) is 14.6 Å². The standard InChI is InChI=1S/C24H14FN5O2S/c25-17-10-8-15(9-11-17)21-16(14-29(27-21)18-5-2-1-3-6-18)13-20-23(31)30-24(33-20)26-22(28-30)19-7-4-12-32-19/h1-14H/b20-13-. The lowest BCUT2D eigenvalue weighted by molar-refractivity contribution is 0.577. The summed E-state index contributed by atoms with van der Waals surface area (Å²) in [6.07, 6.45) is 5.14. The molecule has 0 saturated carbocycles. The molecule has 0 fully saturated rings. The summed E-state index contributed by atoms with van der Waals surface area (Å²) in [5.41, 5.74) is 2.68. The molecule has 6 rings (SSSR count). The van der Waals surface area contributed by atoms with Crippen molar-refractivity contribution in [3.05, 3.63) is 105 Å². The fourth-order valence-corrected chi connectivity index (χ4v) is 4.42. The van der Waals surface area contributed by atoms with Gasteiger partial charge >= 0.3 is 0 Å². The Kier molecular flexibility index (Phi) is 4.48. The van der Waals surface area contributed by atoms with Crippen LogP contribution in [0.2, 0.25) is 0 Å². The summed E-state index contributed by atoms with van der Waals surface area (Å²) in [5.74, 6) is 0.531. The van der Waals surface area contributed by atoms with Gasteiger partial charge in [0.1, 0.15) is 11.5 Å². The van der Waals surface area contributed by atoms with Crippen LogP contribution in [-0.4, -0.2) is 24.4 Å². The van der Waals surface area contributed by atoms with E-state index in [0.717, 1.165) is 16.8 Å². The average molecular weight is 455 g/mol. The molecule has 7 nitrogen and oxygen atoms in total. The van der Waals surface area contributed by atoms with E-state index in [1.165, 1.54) is 34.2 Å². The van der Waals surface area contributed by atoms with Crippen LogP contribution in [0.25, 0.3) is 39.6 Å². The van der Waals surface area contributed by atoms with Crippen LogP contribution in [0.5, 0.6) is 0 Å². The van der Waals surface area contributed by atoms with Gasteiger partial charge in [0.05, 0.1) is 16.5 Å². The zero-order valence-electron chi connectivity index (χ0n) is 16.9. The first-order valence-electron chi connectivity index (χ1n) is 10.0. The van der Waals surface area contributed by atoms with E-state index in [1.54, 1.807) is 35.0 Å². The van der Waals surface area contributed by atoms with Crippen LogP contribution in [0.3, 0.4) is 0 Å². The van der Waals surface area contributed by atoms with Crippen molar-refractivity contribution in [3.63, 3.8) is 0 Å². The van der Waals surface area contributed by atoms with Gasteiger partial charge in [-0.25, -0.2) is 9.07 Å². The molecule has 33 heavy (non-hydrogen) atoms. The fraction of sp³-hybridized carbons (Fsp3) is 0. The summed E-state index contributed by atoms with van der Waals surface area (Å²) in [5, 5.41) is 9.00. The predicted octanol–water partition coefficient (Wildman–Crippen LogP) is 3.95. The molecule has 0 aliphatic carbocycles. The van der Waals surface area contributed by atoms with Gasteiger partial charge in [-0.3, -0.25) is 4.79 Å². The first-order valence-corrected chi connectivity index (χ1v) is 10.8. The maximum atomic E-state index is 13.5. The van der Waals surface area contributed by atoms with E-state index in [-0.39, 0.29) is 11.4 Å². The molecule has 2 aromatic carbocycles. The summed E-state index contributed by atoms with van der Waals surface area (Å²) >= 11 is 1.23. The van der Waals surface area contributed by atoms with Gasteiger partial charge in [0.2, 0.25) is 10.8 Å². The third-order valence-corrected chi connectivity index (χ3v) is 6.05. The van der Waals surface area contributed by atoms with Crippen LogP contribution in [0, 0.1) is 5.82 Å². The molecular weight excluding hydrogens is 441 g/mol. The third kappa shape index (κ3) is 3.44. The molecule has 4 heterocycles.